The average Bonchev–Trinajstić information content (AvgIpc) is 2.84. The molecule has 0 saturated carbocycles. The second kappa shape index (κ2) is 6.54. The van der Waals surface area contributed by atoms with Gasteiger partial charge in [0.25, 0.3) is 5.91 Å². The van der Waals surface area contributed by atoms with Gasteiger partial charge in [-0.05, 0) is 50.6 Å². The van der Waals surface area contributed by atoms with Crippen molar-refractivity contribution in [3.8, 4) is 0 Å². The van der Waals surface area contributed by atoms with Gasteiger partial charge in [0.05, 0.1) is 10.5 Å². The third-order valence-corrected chi connectivity index (χ3v) is 6.11. The molecule has 1 atom stereocenters. The van der Waals surface area contributed by atoms with Crippen molar-refractivity contribution in [1.82, 2.24) is 4.72 Å². The molecule has 0 aromatic heterocycles. The minimum absolute atomic E-state index is 0.150. The first-order chi connectivity index (χ1) is 13.2. The number of carbonyl (C=O) groups is 1. The molecule has 0 radical (unpaired) electrons. The van der Waals surface area contributed by atoms with Crippen molar-refractivity contribution in [1.29, 1.82) is 0 Å². The number of anilines is 1. The minimum atomic E-state index is -4.80. The Bertz CT molecular complexity index is 1070. The van der Waals surface area contributed by atoms with E-state index in [1.54, 1.807) is 20.8 Å². The summed E-state index contributed by atoms with van der Waals surface area (Å²) in [5.74, 6) is -1.05. The number of rotatable bonds is 3. The zero-order chi connectivity index (χ0) is 21.8. The van der Waals surface area contributed by atoms with Crippen molar-refractivity contribution in [3.05, 3.63) is 59.2 Å². The molecule has 29 heavy (non-hydrogen) atoms. The fourth-order valence-electron chi connectivity index (χ4n) is 3.22. The molecule has 1 aliphatic heterocycles. The van der Waals surface area contributed by atoms with E-state index in [2.05, 4.69) is 10.0 Å². The summed E-state index contributed by atoms with van der Waals surface area (Å²) < 4.78 is 67.7. The highest BCUT2D eigenvalue weighted by Crippen LogP contribution is 2.47. The Labute approximate surface area is 165 Å². The molecule has 0 fully saturated rings. The van der Waals surface area contributed by atoms with Crippen LogP contribution in [0.15, 0.2) is 47.4 Å². The normalized spacial score (nSPS) is 19.8. The van der Waals surface area contributed by atoms with Crippen molar-refractivity contribution >= 4 is 21.6 Å². The third kappa shape index (κ3) is 3.75. The first-order valence-corrected chi connectivity index (χ1v) is 10.0. The zero-order valence-electron chi connectivity index (χ0n) is 15.8. The van der Waals surface area contributed by atoms with E-state index >= 15 is 0 Å². The van der Waals surface area contributed by atoms with Crippen LogP contribution < -0.4 is 10.0 Å². The van der Waals surface area contributed by atoms with Gasteiger partial charge in [-0.2, -0.15) is 13.2 Å². The number of alkyl halides is 3. The van der Waals surface area contributed by atoms with Crippen molar-refractivity contribution in [2.45, 2.75) is 43.0 Å². The van der Waals surface area contributed by atoms with Crippen LogP contribution >= 0.6 is 0 Å². The Hall–Kier alpha value is -2.43. The number of hydrogen-bond donors (Lipinski definition) is 3. The Morgan fingerprint density at radius 1 is 1.03 bits per heavy atom. The molecule has 1 unspecified atom stereocenters. The van der Waals surface area contributed by atoms with Crippen LogP contribution in [0.5, 0.6) is 0 Å². The van der Waals surface area contributed by atoms with E-state index < -0.39 is 44.4 Å². The van der Waals surface area contributed by atoms with Gasteiger partial charge < -0.3 is 10.4 Å². The molecule has 0 spiro atoms. The lowest BCUT2D eigenvalue weighted by molar-refractivity contribution is -0.141. The predicted molar refractivity (Wildman–Crippen MR) is 99.6 cm³/mol. The lowest BCUT2D eigenvalue weighted by Gasteiger charge is -2.25. The molecule has 1 amide bonds. The molecular formula is C19H19F3N2O4S. The third-order valence-electron chi connectivity index (χ3n) is 4.33. The van der Waals surface area contributed by atoms with Gasteiger partial charge in [0.2, 0.25) is 10.0 Å². The van der Waals surface area contributed by atoms with E-state index in [9.17, 15) is 31.5 Å². The maximum absolute atomic E-state index is 13.5. The Kier molecular flexibility index (Phi) is 4.80. The van der Waals surface area contributed by atoms with E-state index in [0.29, 0.717) is 0 Å². The van der Waals surface area contributed by atoms with Gasteiger partial charge in [0.15, 0.2) is 5.60 Å². The highest BCUT2D eigenvalue weighted by molar-refractivity contribution is 7.89. The molecule has 3 N–H and O–H groups in total. The van der Waals surface area contributed by atoms with E-state index in [0.717, 1.165) is 36.4 Å². The number of nitrogens with one attached hydrogen (secondary N) is 2. The van der Waals surface area contributed by atoms with E-state index in [1.807, 2.05) is 0 Å². The lowest BCUT2D eigenvalue weighted by atomic mass is 9.84. The van der Waals surface area contributed by atoms with Crippen molar-refractivity contribution in [3.63, 3.8) is 0 Å². The number of halogens is 3. The van der Waals surface area contributed by atoms with Crippen LogP contribution in [0.3, 0.4) is 0 Å². The molecule has 0 aliphatic carbocycles. The number of benzene rings is 2. The Morgan fingerprint density at radius 3 is 2.14 bits per heavy atom. The van der Waals surface area contributed by atoms with Crippen LogP contribution in [0.4, 0.5) is 18.9 Å². The van der Waals surface area contributed by atoms with Gasteiger partial charge >= 0.3 is 6.18 Å². The molecule has 2 aromatic carbocycles. The maximum Gasteiger partial charge on any atom is 0.416 e. The van der Waals surface area contributed by atoms with Gasteiger partial charge in [0.1, 0.15) is 0 Å². The number of hydrogen-bond acceptors (Lipinski definition) is 4. The van der Waals surface area contributed by atoms with Crippen LogP contribution in [0, 0.1) is 0 Å². The van der Waals surface area contributed by atoms with Crippen LogP contribution in [-0.4, -0.2) is 25.0 Å². The molecule has 6 nitrogen and oxygen atoms in total. The van der Waals surface area contributed by atoms with Crippen LogP contribution in [-0.2, 0) is 26.6 Å². The predicted octanol–water partition coefficient (Wildman–Crippen LogP) is 2.97. The molecule has 0 saturated heterocycles. The van der Waals surface area contributed by atoms with Gasteiger partial charge in [0, 0.05) is 16.8 Å². The van der Waals surface area contributed by atoms with Gasteiger partial charge in [-0.1, -0.05) is 18.2 Å². The first-order valence-electron chi connectivity index (χ1n) is 8.55. The largest absolute Gasteiger partial charge is 0.416 e. The summed E-state index contributed by atoms with van der Waals surface area (Å²) in [5, 5.41) is 13.3. The first kappa shape index (κ1) is 21.3. The molecular weight excluding hydrogens is 409 g/mol. The molecule has 0 bridgehead atoms. The number of aliphatic hydroxyl groups is 1. The monoisotopic (exact) mass is 428 g/mol. The molecule has 1 heterocycles. The van der Waals surface area contributed by atoms with Gasteiger partial charge in [-0.15, -0.1) is 0 Å². The average molecular weight is 428 g/mol. The fourth-order valence-corrected chi connectivity index (χ4v) is 4.64. The molecule has 3 rings (SSSR count). The summed E-state index contributed by atoms with van der Waals surface area (Å²) in [6, 6.07) is 7.66. The topological polar surface area (TPSA) is 95.5 Å². The number of amides is 1. The van der Waals surface area contributed by atoms with Crippen molar-refractivity contribution in [2.24, 2.45) is 0 Å². The lowest BCUT2D eigenvalue weighted by Crippen LogP contribution is -2.40. The summed E-state index contributed by atoms with van der Waals surface area (Å²) >= 11 is 0. The van der Waals surface area contributed by atoms with E-state index in [4.69, 9.17) is 0 Å². The molecule has 156 valence electrons. The van der Waals surface area contributed by atoms with Gasteiger partial charge in [-0.25, -0.2) is 13.1 Å². The number of fused-ring (bicyclic) bond motifs is 1. The van der Waals surface area contributed by atoms with Crippen molar-refractivity contribution in [2.75, 3.05) is 5.32 Å². The van der Waals surface area contributed by atoms with Crippen molar-refractivity contribution < 1.29 is 31.5 Å². The summed E-state index contributed by atoms with van der Waals surface area (Å²) in [4.78, 5) is 12.3. The summed E-state index contributed by atoms with van der Waals surface area (Å²) in [5.41, 5.74) is -5.45. The summed E-state index contributed by atoms with van der Waals surface area (Å²) in [7, 11) is -3.90. The van der Waals surface area contributed by atoms with Crippen LogP contribution in [0.25, 0.3) is 0 Å². The van der Waals surface area contributed by atoms with Crippen LogP contribution in [0.2, 0.25) is 0 Å². The Morgan fingerprint density at radius 2 is 1.62 bits per heavy atom. The second-order valence-corrected chi connectivity index (χ2v) is 9.45. The Balaban J connectivity index is 2.11. The fraction of sp³-hybridized carbons (Fsp3) is 0.316. The van der Waals surface area contributed by atoms with Crippen LogP contribution in [0.1, 0.15) is 37.5 Å². The van der Waals surface area contributed by atoms with E-state index in [-0.39, 0.29) is 16.1 Å². The SMILES string of the molecule is CC(C)(C)NS(=O)(=O)c1ccc(C2(O)C(=O)Nc3cccc(C(F)(F)F)c32)cc1. The highest BCUT2D eigenvalue weighted by atomic mass is 32.2. The smallest absolute Gasteiger partial charge is 0.372 e. The quantitative estimate of drug-likeness (QED) is 0.701. The summed E-state index contributed by atoms with van der Waals surface area (Å²) in [6.07, 6.45) is -4.80. The molecule has 10 heteroatoms. The summed E-state index contributed by atoms with van der Waals surface area (Å²) in [6.45, 7) is 4.96. The van der Waals surface area contributed by atoms with E-state index in [1.165, 1.54) is 6.07 Å². The minimum Gasteiger partial charge on any atom is -0.372 e. The zero-order valence-corrected chi connectivity index (χ0v) is 16.6. The number of carbonyl (C=O) groups excluding carboxylic acids is 1. The molecule has 2 aromatic rings. The number of sulfonamides is 1. The second-order valence-electron chi connectivity index (χ2n) is 7.77. The highest BCUT2D eigenvalue weighted by Gasteiger charge is 2.52. The van der Waals surface area contributed by atoms with Gasteiger partial charge in [-0.3, -0.25) is 4.79 Å². The molecule has 1 aliphatic rings. The maximum atomic E-state index is 13.5. The standard InChI is InChI=1S/C19H19F3N2O4S/c1-17(2,3)24-29(27,28)12-9-7-11(8-10-12)18(26)15-13(19(20,21)22)5-4-6-14(15)23-16(18)25/h4-10,24,26H,1-3H3,(H,23,25).